The molecule has 20 heavy (non-hydrogen) atoms. The second kappa shape index (κ2) is 5.86. The quantitative estimate of drug-likeness (QED) is 0.896. The van der Waals surface area contributed by atoms with Gasteiger partial charge in [0.25, 0.3) is 0 Å². The monoisotopic (exact) mass is 276 g/mol. The molecule has 4 nitrogen and oxygen atoms in total. The van der Waals surface area contributed by atoms with Crippen LogP contribution < -0.4 is 5.32 Å². The zero-order valence-electron chi connectivity index (χ0n) is 13.0. The van der Waals surface area contributed by atoms with Crippen LogP contribution in [-0.4, -0.2) is 39.9 Å². The molecular weight excluding hydrogens is 248 g/mol. The Bertz CT molecular complexity index is 435. The van der Waals surface area contributed by atoms with Crippen molar-refractivity contribution in [3.05, 3.63) is 18.0 Å². The normalized spacial score (nSPS) is 28.2. The minimum Gasteiger partial charge on any atom is -0.311 e. The third kappa shape index (κ3) is 3.07. The standard InChI is InChI=1S/C16H28N4/c1-4-14-10-19(16(9-17-14)13-5-6-13)11-15-7-8-20(18-15)12(2)3/h7-8,12-14,16-17H,4-6,9-11H2,1-3H3. The Morgan fingerprint density at radius 1 is 1.40 bits per heavy atom. The molecule has 2 fully saturated rings. The fourth-order valence-electron chi connectivity index (χ4n) is 3.26. The van der Waals surface area contributed by atoms with Gasteiger partial charge in [-0.25, -0.2) is 0 Å². The summed E-state index contributed by atoms with van der Waals surface area (Å²) in [5, 5.41) is 8.44. The lowest BCUT2D eigenvalue weighted by molar-refractivity contribution is 0.104. The summed E-state index contributed by atoms with van der Waals surface area (Å²) in [5.74, 6) is 0.924. The summed E-state index contributed by atoms with van der Waals surface area (Å²) >= 11 is 0. The number of nitrogens with zero attached hydrogens (tertiary/aromatic N) is 3. The van der Waals surface area contributed by atoms with Gasteiger partial charge in [-0.1, -0.05) is 6.92 Å². The van der Waals surface area contributed by atoms with Crippen LogP contribution in [0.3, 0.4) is 0 Å². The number of rotatable bonds is 5. The van der Waals surface area contributed by atoms with Gasteiger partial charge < -0.3 is 5.32 Å². The van der Waals surface area contributed by atoms with Gasteiger partial charge >= 0.3 is 0 Å². The third-order valence-corrected chi connectivity index (χ3v) is 4.76. The lowest BCUT2D eigenvalue weighted by Crippen LogP contribution is -2.56. The van der Waals surface area contributed by atoms with E-state index in [4.69, 9.17) is 5.10 Å². The van der Waals surface area contributed by atoms with Crippen molar-refractivity contribution >= 4 is 0 Å². The van der Waals surface area contributed by atoms with E-state index >= 15 is 0 Å². The molecule has 1 aliphatic carbocycles. The smallest absolute Gasteiger partial charge is 0.0765 e. The maximum absolute atomic E-state index is 4.72. The Hall–Kier alpha value is -0.870. The number of hydrogen-bond acceptors (Lipinski definition) is 3. The first-order chi connectivity index (χ1) is 9.67. The molecule has 2 atom stereocenters. The third-order valence-electron chi connectivity index (χ3n) is 4.76. The van der Waals surface area contributed by atoms with Gasteiger partial charge in [0.1, 0.15) is 0 Å². The summed E-state index contributed by atoms with van der Waals surface area (Å²) in [6.45, 7) is 9.99. The van der Waals surface area contributed by atoms with E-state index < -0.39 is 0 Å². The molecule has 2 unspecified atom stereocenters. The zero-order valence-corrected chi connectivity index (χ0v) is 13.0. The second-order valence-corrected chi connectivity index (χ2v) is 6.73. The predicted octanol–water partition coefficient (Wildman–Crippen LogP) is 2.43. The first kappa shape index (κ1) is 14.1. The summed E-state index contributed by atoms with van der Waals surface area (Å²) in [7, 11) is 0. The van der Waals surface area contributed by atoms with Crippen molar-refractivity contribution in [2.75, 3.05) is 13.1 Å². The molecule has 1 saturated carbocycles. The van der Waals surface area contributed by atoms with Crippen LogP contribution in [-0.2, 0) is 6.54 Å². The summed E-state index contributed by atoms with van der Waals surface area (Å²) in [5.41, 5.74) is 1.22. The lowest BCUT2D eigenvalue weighted by atomic mass is 10.0. The predicted molar refractivity (Wildman–Crippen MR) is 81.6 cm³/mol. The largest absolute Gasteiger partial charge is 0.311 e. The van der Waals surface area contributed by atoms with Gasteiger partial charge in [-0.05, 0) is 45.1 Å². The van der Waals surface area contributed by atoms with E-state index in [0.29, 0.717) is 12.1 Å². The van der Waals surface area contributed by atoms with Crippen LogP contribution in [0.25, 0.3) is 0 Å². The fourth-order valence-corrected chi connectivity index (χ4v) is 3.26. The van der Waals surface area contributed by atoms with Gasteiger partial charge in [0.2, 0.25) is 0 Å². The van der Waals surface area contributed by atoms with Crippen molar-refractivity contribution in [1.29, 1.82) is 0 Å². The summed E-state index contributed by atoms with van der Waals surface area (Å²) in [6, 6.07) is 4.01. The van der Waals surface area contributed by atoms with Gasteiger partial charge in [-0.15, -0.1) is 0 Å². The molecule has 1 aromatic rings. The average Bonchev–Trinajstić information content (AvgIpc) is 3.17. The highest BCUT2D eigenvalue weighted by molar-refractivity contribution is 5.03. The molecule has 0 aromatic carbocycles. The van der Waals surface area contributed by atoms with Gasteiger partial charge in [-0.3, -0.25) is 9.58 Å². The van der Waals surface area contributed by atoms with E-state index in [2.05, 4.69) is 47.9 Å². The van der Waals surface area contributed by atoms with E-state index in [1.54, 1.807) is 0 Å². The van der Waals surface area contributed by atoms with E-state index in [9.17, 15) is 0 Å². The minimum atomic E-state index is 0.453. The van der Waals surface area contributed by atoms with Crippen LogP contribution in [0.5, 0.6) is 0 Å². The molecule has 1 N–H and O–H groups in total. The SMILES string of the molecule is CCC1CN(Cc2ccn(C(C)C)n2)C(C2CC2)CN1. The van der Waals surface area contributed by atoms with Crippen molar-refractivity contribution in [1.82, 2.24) is 20.0 Å². The van der Waals surface area contributed by atoms with E-state index in [-0.39, 0.29) is 0 Å². The van der Waals surface area contributed by atoms with Crippen LogP contribution in [0.2, 0.25) is 0 Å². The Balaban J connectivity index is 1.67. The zero-order chi connectivity index (χ0) is 14.1. The Labute approximate surface area is 122 Å². The van der Waals surface area contributed by atoms with Gasteiger partial charge in [0.05, 0.1) is 5.69 Å². The topological polar surface area (TPSA) is 33.1 Å². The molecule has 1 aromatic heterocycles. The molecule has 1 saturated heterocycles. The number of aromatic nitrogens is 2. The summed E-state index contributed by atoms with van der Waals surface area (Å²) in [6.07, 6.45) is 6.17. The van der Waals surface area contributed by atoms with E-state index in [1.807, 2.05) is 0 Å². The van der Waals surface area contributed by atoms with Crippen LogP contribution >= 0.6 is 0 Å². The van der Waals surface area contributed by atoms with Crippen LogP contribution in [0.4, 0.5) is 0 Å². The Morgan fingerprint density at radius 3 is 2.80 bits per heavy atom. The van der Waals surface area contributed by atoms with Crippen molar-refractivity contribution in [2.45, 2.75) is 64.7 Å². The summed E-state index contributed by atoms with van der Waals surface area (Å²) < 4.78 is 2.07. The molecule has 2 aliphatic rings. The molecule has 0 amide bonds. The van der Waals surface area contributed by atoms with E-state index in [1.165, 1.54) is 31.5 Å². The Morgan fingerprint density at radius 2 is 2.20 bits per heavy atom. The number of hydrogen-bond donors (Lipinski definition) is 1. The lowest BCUT2D eigenvalue weighted by Gasteiger charge is -2.40. The number of piperazine rings is 1. The molecule has 3 rings (SSSR count). The molecule has 1 aliphatic heterocycles. The van der Waals surface area contributed by atoms with Crippen molar-refractivity contribution < 1.29 is 0 Å². The van der Waals surface area contributed by atoms with Crippen molar-refractivity contribution in [3.63, 3.8) is 0 Å². The average molecular weight is 276 g/mol. The molecule has 0 bridgehead atoms. The highest BCUT2D eigenvalue weighted by atomic mass is 15.3. The maximum atomic E-state index is 4.72. The second-order valence-electron chi connectivity index (χ2n) is 6.73. The Kier molecular flexibility index (Phi) is 4.13. The number of nitrogens with one attached hydrogen (secondary N) is 1. The molecule has 4 heteroatoms. The minimum absolute atomic E-state index is 0.453. The first-order valence-corrected chi connectivity index (χ1v) is 8.18. The van der Waals surface area contributed by atoms with Crippen LogP contribution in [0.1, 0.15) is 51.8 Å². The van der Waals surface area contributed by atoms with Crippen LogP contribution in [0.15, 0.2) is 12.3 Å². The molecular formula is C16H28N4. The van der Waals surface area contributed by atoms with Gasteiger partial charge in [0, 0.05) is 44.0 Å². The molecule has 0 spiro atoms. The highest BCUT2D eigenvalue weighted by Gasteiger charge is 2.38. The maximum Gasteiger partial charge on any atom is 0.0765 e. The van der Waals surface area contributed by atoms with Crippen molar-refractivity contribution in [2.24, 2.45) is 5.92 Å². The van der Waals surface area contributed by atoms with Crippen LogP contribution in [0, 0.1) is 5.92 Å². The first-order valence-electron chi connectivity index (χ1n) is 8.18. The van der Waals surface area contributed by atoms with Gasteiger partial charge in [0.15, 0.2) is 0 Å². The molecule has 112 valence electrons. The molecule has 2 heterocycles. The van der Waals surface area contributed by atoms with E-state index in [0.717, 1.165) is 25.0 Å². The fraction of sp³-hybridized carbons (Fsp3) is 0.812. The van der Waals surface area contributed by atoms with Crippen molar-refractivity contribution in [3.8, 4) is 0 Å². The van der Waals surface area contributed by atoms with Gasteiger partial charge in [-0.2, -0.15) is 5.10 Å². The highest BCUT2D eigenvalue weighted by Crippen LogP contribution is 2.36. The molecule has 0 radical (unpaired) electrons. The summed E-state index contributed by atoms with van der Waals surface area (Å²) in [4.78, 5) is 2.68.